The van der Waals surface area contributed by atoms with Gasteiger partial charge < -0.3 is 0 Å². The standard InChI is InChI=1S/C12H11Cl2NO/c1-2-6-15-8-9(16)7-10-11(13)4-3-5-12(10)14/h1,3-5,15H,6-8H2. The maximum Gasteiger partial charge on any atom is 0.151 e. The Morgan fingerprint density at radius 3 is 2.56 bits per heavy atom. The van der Waals surface area contributed by atoms with Crippen LogP contribution >= 0.6 is 23.2 Å². The van der Waals surface area contributed by atoms with Crippen LogP contribution in [0.3, 0.4) is 0 Å². The van der Waals surface area contributed by atoms with Crippen molar-refractivity contribution in [1.82, 2.24) is 5.32 Å². The fourth-order valence-electron chi connectivity index (χ4n) is 1.23. The Morgan fingerprint density at radius 2 is 2.00 bits per heavy atom. The first-order chi connectivity index (χ1) is 7.65. The molecule has 4 heteroatoms. The summed E-state index contributed by atoms with van der Waals surface area (Å²) in [5.74, 6) is 2.40. The highest BCUT2D eigenvalue weighted by molar-refractivity contribution is 6.36. The molecule has 0 radical (unpaired) electrons. The van der Waals surface area contributed by atoms with E-state index < -0.39 is 0 Å². The van der Waals surface area contributed by atoms with Gasteiger partial charge in [-0.1, -0.05) is 35.2 Å². The van der Waals surface area contributed by atoms with Crippen LogP contribution in [0.2, 0.25) is 10.0 Å². The van der Waals surface area contributed by atoms with E-state index in [-0.39, 0.29) is 18.7 Å². The van der Waals surface area contributed by atoms with Gasteiger partial charge in [-0.15, -0.1) is 6.42 Å². The third-order valence-corrected chi connectivity index (χ3v) is 2.69. The quantitative estimate of drug-likeness (QED) is 0.647. The molecular weight excluding hydrogens is 245 g/mol. The smallest absolute Gasteiger partial charge is 0.151 e. The van der Waals surface area contributed by atoms with Gasteiger partial charge in [-0.2, -0.15) is 0 Å². The van der Waals surface area contributed by atoms with Crippen molar-refractivity contribution in [2.24, 2.45) is 0 Å². The van der Waals surface area contributed by atoms with Crippen molar-refractivity contribution in [3.05, 3.63) is 33.8 Å². The van der Waals surface area contributed by atoms with Gasteiger partial charge in [0.15, 0.2) is 5.78 Å². The minimum atomic E-state index is 0.00486. The zero-order chi connectivity index (χ0) is 12.0. The predicted molar refractivity (Wildman–Crippen MR) is 66.9 cm³/mol. The number of Topliss-reactive ketones (excluding diaryl/α,β-unsaturated/α-hetero) is 1. The average molecular weight is 256 g/mol. The molecule has 0 spiro atoms. The molecule has 1 aromatic rings. The Bertz CT molecular complexity index is 403. The van der Waals surface area contributed by atoms with Gasteiger partial charge in [0.2, 0.25) is 0 Å². The molecule has 0 aromatic heterocycles. The fourth-order valence-corrected chi connectivity index (χ4v) is 1.77. The highest BCUT2D eigenvalue weighted by Crippen LogP contribution is 2.24. The summed E-state index contributed by atoms with van der Waals surface area (Å²) in [5.41, 5.74) is 0.665. The number of nitrogens with one attached hydrogen (secondary N) is 1. The molecule has 0 unspecified atom stereocenters. The summed E-state index contributed by atoms with van der Waals surface area (Å²) in [6, 6.07) is 5.17. The Hall–Kier alpha value is -1.01. The van der Waals surface area contributed by atoms with Gasteiger partial charge in [-0.3, -0.25) is 10.1 Å². The van der Waals surface area contributed by atoms with Crippen LogP contribution in [0.25, 0.3) is 0 Å². The molecular formula is C12H11Cl2NO. The number of hydrogen-bond acceptors (Lipinski definition) is 2. The fraction of sp³-hybridized carbons (Fsp3) is 0.250. The molecule has 0 aliphatic carbocycles. The van der Waals surface area contributed by atoms with E-state index in [9.17, 15) is 4.79 Å². The van der Waals surface area contributed by atoms with E-state index in [1.165, 1.54) is 0 Å². The van der Waals surface area contributed by atoms with Crippen molar-refractivity contribution in [3.63, 3.8) is 0 Å². The summed E-state index contributed by atoms with van der Waals surface area (Å²) >= 11 is 11.9. The maximum absolute atomic E-state index is 11.5. The molecule has 1 aromatic carbocycles. The second kappa shape index (κ2) is 6.55. The van der Waals surface area contributed by atoms with Gasteiger partial charge in [0, 0.05) is 16.5 Å². The first-order valence-electron chi connectivity index (χ1n) is 4.74. The van der Waals surface area contributed by atoms with Crippen molar-refractivity contribution >= 4 is 29.0 Å². The highest BCUT2D eigenvalue weighted by Gasteiger charge is 2.10. The second-order valence-corrected chi connectivity index (χ2v) is 4.04. The Labute approximate surface area is 105 Å². The van der Waals surface area contributed by atoms with Crippen LogP contribution in [0.4, 0.5) is 0 Å². The van der Waals surface area contributed by atoms with E-state index >= 15 is 0 Å². The number of terminal acetylenes is 1. The van der Waals surface area contributed by atoms with Crippen LogP contribution < -0.4 is 5.32 Å². The second-order valence-electron chi connectivity index (χ2n) is 3.22. The number of hydrogen-bond donors (Lipinski definition) is 1. The number of halogens is 2. The molecule has 0 bridgehead atoms. The van der Waals surface area contributed by atoms with E-state index in [4.69, 9.17) is 29.6 Å². The number of carbonyl (C=O) groups excluding carboxylic acids is 1. The summed E-state index contributed by atoms with van der Waals surface area (Å²) in [7, 11) is 0. The van der Waals surface area contributed by atoms with Crippen LogP contribution in [0.15, 0.2) is 18.2 Å². The van der Waals surface area contributed by atoms with E-state index in [0.29, 0.717) is 22.2 Å². The predicted octanol–water partition coefficient (Wildman–Crippen LogP) is 2.33. The number of carbonyl (C=O) groups is 1. The van der Waals surface area contributed by atoms with Crippen LogP contribution in [-0.2, 0) is 11.2 Å². The lowest BCUT2D eigenvalue weighted by Gasteiger charge is -2.06. The largest absolute Gasteiger partial charge is 0.299 e. The van der Waals surface area contributed by atoms with Crippen molar-refractivity contribution in [1.29, 1.82) is 0 Å². The van der Waals surface area contributed by atoms with Gasteiger partial charge >= 0.3 is 0 Å². The molecule has 1 rings (SSSR count). The molecule has 0 atom stereocenters. The van der Waals surface area contributed by atoms with Gasteiger partial charge in [-0.25, -0.2) is 0 Å². The number of benzene rings is 1. The SMILES string of the molecule is C#CCNCC(=O)Cc1c(Cl)cccc1Cl. The minimum absolute atomic E-state index is 0.00486. The van der Waals surface area contributed by atoms with Gasteiger partial charge in [-0.05, 0) is 17.7 Å². The molecule has 0 heterocycles. The summed E-state index contributed by atoms with van der Waals surface area (Å²) in [6.07, 6.45) is 5.27. The average Bonchev–Trinajstić information content (AvgIpc) is 2.24. The van der Waals surface area contributed by atoms with Gasteiger partial charge in [0.05, 0.1) is 13.1 Å². The molecule has 1 N–H and O–H groups in total. The molecule has 0 saturated carbocycles. The highest BCUT2D eigenvalue weighted by atomic mass is 35.5. The minimum Gasteiger partial charge on any atom is -0.299 e. The van der Waals surface area contributed by atoms with E-state index in [1.807, 2.05) is 0 Å². The van der Waals surface area contributed by atoms with Gasteiger partial charge in [0.1, 0.15) is 0 Å². The molecule has 84 valence electrons. The van der Waals surface area contributed by atoms with Crippen LogP contribution in [0, 0.1) is 12.3 Å². The topological polar surface area (TPSA) is 29.1 Å². The van der Waals surface area contributed by atoms with Crippen LogP contribution in [0.5, 0.6) is 0 Å². The van der Waals surface area contributed by atoms with E-state index in [1.54, 1.807) is 18.2 Å². The zero-order valence-electron chi connectivity index (χ0n) is 8.59. The monoisotopic (exact) mass is 255 g/mol. The third kappa shape index (κ3) is 3.86. The Kier molecular flexibility index (Phi) is 5.34. The lowest BCUT2D eigenvalue weighted by Crippen LogP contribution is -2.24. The number of rotatable bonds is 5. The first-order valence-corrected chi connectivity index (χ1v) is 5.49. The van der Waals surface area contributed by atoms with Crippen molar-refractivity contribution in [3.8, 4) is 12.3 Å². The maximum atomic E-state index is 11.5. The Morgan fingerprint density at radius 1 is 1.38 bits per heavy atom. The lowest BCUT2D eigenvalue weighted by atomic mass is 10.1. The lowest BCUT2D eigenvalue weighted by molar-refractivity contribution is -0.117. The molecule has 16 heavy (non-hydrogen) atoms. The van der Waals surface area contributed by atoms with Crippen LogP contribution in [0.1, 0.15) is 5.56 Å². The normalized spacial score (nSPS) is 9.81. The number of ketones is 1. The summed E-state index contributed by atoms with van der Waals surface area (Å²) < 4.78 is 0. The summed E-state index contributed by atoms with van der Waals surface area (Å²) in [4.78, 5) is 11.5. The molecule has 0 fully saturated rings. The van der Waals surface area contributed by atoms with Crippen molar-refractivity contribution in [2.75, 3.05) is 13.1 Å². The first kappa shape index (κ1) is 13.1. The Balaban J connectivity index is 2.60. The molecule has 0 saturated heterocycles. The van der Waals surface area contributed by atoms with Crippen LogP contribution in [-0.4, -0.2) is 18.9 Å². The zero-order valence-corrected chi connectivity index (χ0v) is 10.1. The van der Waals surface area contributed by atoms with E-state index in [0.717, 1.165) is 0 Å². The van der Waals surface area contributed by atoms with Gasteiger partial charge in [0.25, 0.3) is 0 Å². The molecule has 2 nitrogen and oxygen atoms in total. The van der Waals surface area contributed by atoms with Crippen molar-refractivity contribution in [2.45, 2.75) is 6.42 Å². The molecule has 0 aliphatic heterocycles. The van der Waals surface area contributed by atoms with E-state index in [2.05, 4.69) is 11.2 Å². The molecule has 0 aliphatic rings. The summed E-state index contributed by atoms with van der Waals surface area (Å²) in [5, 5.41) is 3.85. The van der Waals surface area contributed by atoms with Crippen molar-refractivity contribution < 1.29 is 4.79 Å². The summed E-state index contributed by atoms with van der Waals surface area (Å²) in [6.45, 7) is 0.605. The molecule has 0 amide bonds. The third-order valence-electron chi connectivity index (χ3n) is 1.98.